The highest BCUT2D eigenvalue weighted by molar-refractivity contribution is 7.23. The number of nitriles is 1. The van der Waals surface area contributed by atoms with Gasteiger partial charge in [-0.3, -0.25) is 15.2 Å². The van der Waals surface area contributed by atoms with E-state index in [-0.39, 0.29) is 93.7 Å². The smallest absolute Gasteiger partial charge is 0.412 e. The zero-order valence-electron chi connectivity index (χ0n) is 31.0. The summed E-state index contributed by atoms with van der Waals surface area (Å²) in [5.74, 6) is -1.61. The monoisotopic (exact) mass is 772 g/mol. The number of benzene rings is 1. The van der Waals surface area contributed by atoms with Gasteiger partial charge in [-0.15, -0.1) is 11.3 Å². The molecule has 17 heteroatoms. The van der Waals surface area contributed by atoms with Gasteiger partial charge in [0.1, 0.15) is 34.5 Å². The molecule has 1 fully saturated rings. The Labute approximate surface area is 310 Å². The van der Waals surface area contributed by atoms with E-state index < -0.39 is 43.7 Å². The number of halogens is 3. The maximum absolute atomic E-state index is 17.3. The van der Waals surface area contributed by atoms with Crippen molar-refractivity contribution in [2.24, 2.45) is 0 Å². The SMILES string of the molecule is C[C@H](Oc1nc(OCOCC[Si](C)(C)C)c2c3c(c(-c4ncc(F)c5sc(NC(=O)OC(C)(C)C)c(C#N)c45)c(F)c2n1)COC3)[C@@H]1C[C@@H](F)CN1C. The molecule has 5 heterocycles. The lowest BCUT2D eigenvalue weighted by Gasteiger charge is -2.26. The van der Waals surface area contributed by atoms with Crippen molar-refractivity contribution >= 4 is 51.5 Å². The van der Waals surface area contributed by atoms with E-state index in [4.69, 9.17) is 23.7 Å². The van der Waals surface area contributed by atoms with Gasteiger partial charge in [-0.1, -0.05) is 19.6 Å². The van der Waals surface area contributed by atoms with E-state index in [0.29, 0.717) is 17.7 Å². The summed E-state index contributed by atoms with van der Waals surface area (Å²) < 4.78 is 76.2. The van der Waals surface area contributed by atoms with Gasteiger partial charge in [-0.05, 0) is 58.3 Å². The van der Waals surface area contributed by atoms with Gasteiger partial charge in [0.05, 0.1) is 40.8 Å². The Morgan fingerprint density at radius 1 is 1.21 bits per heavy atom. The van der Waals surface area contributed by atoms with E-state index in [9.17, 15) is 14.4 Å². The fourth-order valence-electron chi connectivity index (χ4n) is 6.53. The molecule has 3 atom stereocenters. The number of fused-ring (bicyclic) bond motifs is 4. The third kappa shape index (κ3) is 8.21. The predicted molar refractivity (Wildman–Crippen MR) is 197 cm³/mol. The summed E-state index contributed by atoms with van der Waals surface area (Å²) in [7, 11) is 0.417. The maximum atomic E-state index is 17.3. The van der Waals surface area contributed by atoms with Crippen molar-refractivity contribution in [2.45, 2.75) is 96.9 Å². The summed E-state index contributed by atoms with van der Waals surface area (Å²) >= 11 is 0.809. The zero-order chi connectivity index (χ0) is 38.4. The highest BCUT2D eigenvalue weighted by Gasteiger charge is 2.36. The Hall–Kier alpha value is -4.08. The van der Waals surface area contributed by atoms with Crippen molar-refractivity contribution in [1.29, 1.82) is 5.26 Å². The number of aromatic nitrogens is 3. The first-order valence-corrected chi connectivity index (χ1v) is 21.8. The van der Waals surface area contributed by atoms with Crippen molar-refractivity contribution in [3.8, 4) is 29.2 Å². The van der Waals surface area contributed by atoms with Crippen LogP contribution < -0.4 is 14.8 Å². The molecule has 12 nitrogen and oxygen atoms in total. The van der Waals surface area contributed by atoms with Crippen LogP contribution >= 0.6 is 11.3 Å². The van der Waals surface area contributed by atoms with E-state index in [1.54, 1.807) is 34.7 Å². The molecule has 0 bridgehead atoms. The van der Waals surface area contributed by atoms with Crippen LogP contribution in [0.3, 0.4) is 0 Å². The minimum Gasteiger partial charge on any atom is -0.459 e. The van der Waals surface area contributed by atoms with Crippen LogP contribution in [0.5, 0.6) is 11.9 Å². The van der Waals surface area contributed by atoms with E-state index in [2.05, 4.69) is 39.9 Å². The molecule has 0 radical (unpaired) electrons. The fourth-order valence-corrected chi connectivity index (χ4v) is 8.32. The summed E-state index contributed by atoms with van der Waals surface area (Å²) in [4.78, 5) is 27.9. The molecule has 6 rings (SSSR count). The number of alkyl halides is 1. The number of nitrogens with one attached hydrogen (secondary N) is 1. The van der Waals surface area contributed by atoms with Crippen LogP contribution in [0.15, 0.2) is 6.20 Å². The summed E-state index contributed by atoms with van der Waals surface area (Å²) in [6.45, 7) is 14.1. The number of ether oxygens (including phenoxy) is 5. The second-order valence-corrected chi connectivity index (χ2v) is 22.2. The predicted octanol–water partition coefficient (Wildman–Crippen LogP) is 7.93. The van der Waals surface area contributed by atoms with Crippen LogP contribution in [0.4, 0.5) is 23.0 Å². The van der Waals surface area contributed by atoms with Crippen molar-refractivity contribution in [3.63, 3.8) is 0 Å². The molecule has 284 valence electrons. The lowest BCUT2D eigenvalue weighted by molar-refractivity contribution is 0.0194. The lowest BCUT2D eigenvalue weighted by atomic mass is 9.93. The molecule has 0 spiro atoms. The van der Waals surface area contributed by atoms with Crippen LogP contribution in [0, 0.1) is 23.0 Å². The fraction of sp³-hybridized carbons (Fsp3) is 0.528. The number of anilines is 1. The highest BCUT2D eigenvalue weighted by atomic mass is 32.1. The molecule has 1 aromatic carbocycles. The lowest BCUT2D eigenvalue weighted by Crippen LogP contribution is -2.38. The molecular weight excluding hydrogens is 730 g/mol. The van der Waals surface area contributed by atoms with Gasteiger partial charge in [0.25, 0.3) is 0 Å². The van der Waals surface area contributed by atoms with Gasteiger partial charge >= 0.3 is 12.1 Å². The van der Waals surface area contributed by atoms with Gasteiger partial charge < -0.3 is 23.7 Å². The molecular formula is C36H43F3N6O6SSi. The van der Waals surface area contributed by atoms with Crippen molar-refractivity contribution < 1.29 is 41.7 Å². The number of hydrogen-bond donors (Lipinski definition) is 1. The van der Waals surface area contributed by atoms with E-state index in [1.807, 2.05) is 11.0 Å². The Morgan fingerprint density at radius 3 is 2.60 bits per heavy atom. The number of likely N-dealkylation sites (tertiary alicyclic amines) is 1. The van der Waals surface area contributed by atoms with E-state index in [0.717, 1.165) is 23.6 Å². The average molecular weight is 773 g/mol. The van der Waals surface area contributed by atoms with Gasteiger partial charge in [0.2, 0.25) is 5.88 Å². The number of thiophene rings is 1. The minimum atomic E-state index is -1.39. The van der Waals surface area contributed by atoms with Gasteiger partial charge in [-0.25, -0.2) is 18.0 Å². The molecule has 0 aliphatic carbocycles. The quantitative estimate of drug-likeness (QED) is 0.0903. The van der Waals surface area contributed by atoms with Crippen molar-refractivity contribution in [1.82, 2.24) is 19.9 Å². The molecule has 0 saturated carbocycles. The molecule has 3 aromatic heterocycles. The molecule has 2 aliphatic rings. The van der Waals surface area contributed by atoms with Crippen LogP contribution in [-0.2, 0) is 27.4 Å². The second-order valence-electron chi connectivity index (χ2n) is 15.5. The third-order valence-corrected chi connectivity index (χ3v) is 11.9. The summed E-state index contributed by atoms with van der Waals surface area (Å²) in [5, 5.41) is 13.1. The normalized spacial score (nSPS) is 18.3. The van der Waals surface area contributed by atoms with Gasteiger partial charge in [0.15, 0.2) is 18.4 Å². The number of carbonyl (C=O) groups excluding carboxylic acids is 1. The Kier molecular flexibility index (Phi) is 10.9. The van der Waals surface area contributed by atoms with Crippen LogP contribution in [0.25, 0.3) is 32.2 Å². The molecule has 4 aromatic rings. The first kappa shape index (κ1) is 38.6. The average Bonchev–Trinajstić information content (AvgIpc) is 3.77. The van der Waals surface area contributed by atoms with E-state index in [1.165, 1.54) is 0 Å². The summed E-state index contributed by atoms with van der Waals surface area (Å²) in [6.07, 6.45) is -1.24. The molecule has 0 unspecified atom stereocenters. The van der Waals surface area contributed by atoms with Crippen LogP contribution in [0.2, 0.25) is 25.7 Å². The van der Waals surface area contributed by atoms with Gasteiger partial charge in [-0.2, -0.15) is 15.2 Å². The number of pyridine rings is 1. The molecule has 2 aliphatic heterocycles. The summed E-state index contributed by atoms with van der Waals surface area (Å²) in [6, 6.07) is 2.46. The zero-order valence-corrected chi connectivity index (χ0v) is 32.8. The first-order valence-electron chi connectivity index (χ1n) is 17.3. The van der Waals surface area contributed by atoms with Crippen molar-refractivity contribution in [2.75, 3.05) is 32.3 Å². The topological polar surface area (TPSA) is 141 Å². The van der Waals surface area contributed by atoms with Crippen molar-refractivity contribution in [3.05, 3.63) is 34.5 Å². The Bertz CT molecular complexity index is 2100. The number of hydrogen-bond acceptors (Lipinski definition) is 12. The number of rotatable bonds is 11. The molecule has 1 N–H and O–H groups in total. The highest BCUT2D eigenvalue weighted by Crippen LogP contribution is 2.47. The Balaban J connectivity index is 1.50. The Morgan fingerprint density at radius 2 is 1.94 bits per heavy atom. The maximum Gasteiger partial charge on any atom is 0.412 e. The third-order valence-electron chi connectivity index (χ3n) is 9.03. The van der Waals surface area contributed by atoms with Crippen LogP contribution in [-0.4, -0.2) is 84.9 Å². The molecule has 1 saturated heterocycles. The minimum absolute atomic E-state index is 0.00683. The second kappa shape index (κ2) is 15.0. The number of nitrogens with zero attached hydrogens (tertiary/aromatic N) is 5. The van der Waals surface area contributed by atoms with E-state index >= 15 is 8.78 Å². The number of likely N-dealkylation sites (N-methyl/N-ethyl adjacent to an activating group) is 1. The number of carbonyl (C=O) groups is 1. The first-order chi connectivity index (χ1) is 25.0. The molecule has 53 heavy (non-hydrogen) atoms. The molecule has 1 amide bonds. The van der Waals surface area contributed by atoms with Crippen LogP contribution in [0.1, 0.15) is 50.8 Å². The number of amides is 1. The standard InChI is InChI=1S/C36H43F3N6O6SSi/c1-18(24-11-19(37)14-45(24)5)50-34-42-30-27(32(43-34)49-17-47-9-10-53(6,7)8)22-16-48-15-21(22)25(28(30)39)29-26-20(12-40)33(44-35(46)51-36(2,3)4)52-31(26)23(38)13-41-29/h13,18-19,24H,9-11,14-17H2,1-8H3,(H,44,46)/t18-,19+,24-/m0/s1. The van der Waals surface area contributed by atoms with Gasteiger partial charge in [0, 0.05) is 38.2 Å². The summed E-state index contributed by atoms with van der Waals surface area (Å²) in [5.41, 5.74) is -0.320. The largest absolute Gasteiger partial charge is 0.459 e.